The lowest BCUT2D eigenvalue weighted by Gasteiger charge is -2.23. The van der Waals surface area contributed by atoms with E-state index in [9.17, 15) is 17.6 Å². The second kappa shape index (κ2) is 12.2. The molecular weight excluding hydrogens is 422 g/mol. The number of hydrazone groups is 1. The van der Waals surface area contributed by atoms with Crippen LogP contribution >= 0.6 is 11.9 Å². The van der Waals surface area contributed by atoms with Crippen LogP contribution in [0.5, 0.6) is 5.75 Å². The molecule has 10 heteroatoms. The number of aliphatic hydroxyl groups is 1. The van der Waals surface area contributed by atoms with Crippen molar-refractivity contribution in [2.45, 2.75) is 24.4 Å². The van der Waals surface area contributed by atoms with Gasteiger partial charge in [-0.1, -0.05) is 13.0 Å². The molecule has 0 aliphatic rings. The average molecular weight is 445 g/mol. The number of methoxy groups -OCH3 is 1. The number of hydrogen-bond donors (Lipinski definition) is 2. The lowest BCUT2D eigenvalue weighted by atomic mass is 10.1. The second-order valence-electron chi connectivity index (χ2n) is 5.56. The van der Waals surface area contributed by atoms with Crippen molar-refractivity contribution >= 4 is 29.5 Å². The van der Waals surface area contributed by atoms with E-state index in [4.69, 9.17) is 15.0 Å². The number of aliphatic hydroxyl groups excluding tert-OH is 1. The first-order valence-electron chi connectivity index (χ1n) is 8.66. The van der Waals surface area contributed by atoms with Crippen molar-refractivity contribution in [2.24, 2.45) is 10.2 Å². The van der Waals surface area contributed by atoms with Gasteiger partial charge in [0.05, 0.1) is 18.5 Å². The number of alkyl halides is 3. The maximum absolute atomic E-state index is 14.2. The summed E-state index contributed by atoms with van der Waals surface area (Å²) in [7, 11) is 2.33. The summed E-state index contributed by atoms with van der Waals surface area (Å²) in [6.07, 6.45) is -2.55. The fourth-order valence-corrected chi connectivity index (χ4v) is 2.70. The van der Waals surface area contributed by atoms with Gasteiger partial charge in [-0.15, -0.1) is 0 Å². The Kier molecular flexibility index (Phi) is 10.4. The van der Waals surface area contributed by atoms with Crippen molar-refractivity contribution in [3.05, 3.63) is 59.9 Å². The molecule has 2 aromatic rings. The molecule has 164 valence electrons. The van der Waals surface area contributed by atoms with Gasteiger partial charge in [0.1, 0.15) is 6.21 Å². The number of anilines is 1. The molecule has 0 aliphatic heterocycles. The number of hydrogen-bond acceptors (Lipinski definition) is 6. The van der Waals surface area contributed by atoms with Gasteiger partial charge in [-0.3, -0.25) is 5.14 Å². The lowest BCUT2D eigenvalue weighted by molar-refractivity contribution is -0.0537. The summed E-state index contributed by atoms with van der Waals surface area (Å²) in [5, 5.41) is 17.2. The van der Waals surface area contributed by atoms with Crippen molar-refractivity contribution in [3.63, 3.8) is 0 Å². The summed E-state index contributed by atoms with van der Waals surface area (Å²) in [6, 6.07) is 10.7. The molecule has 0 amide bonds. The van der Waals surface area contributed by atoms with Crippen LogP contribution in [0, 0.1) is 5.82 Å². The van der Waals surface area contributed by atoms with Crippen LogP contribution < -0.4 is 14.9 Å². The molecule has 2 rings (SSSR count). The van der Waals surface area contributed by atoms with Gasteiger partial charge in [0.2, 0.25) is 0 Å². The summed E-state index contributed by atoms with van der Waals surface area (Å²) >= 11 is 1.01. The SMILES string of the molecule is CC/C=C(/c1ccc(OC)c(F)c1)N(/N=C/C(F)(F)F)c1ccc(SN)cc1.CO. The number of ether oxygens (including phenoxy) is 1. The topological polar surface area (TPSA) is 71.1 Å². The molecule has 2 aromatic carbocycles. The highest BCUT2D eigenvalue weighted by atomic mass is 32.2. The van der Waals surface area contributed by atoms with E-state index in [-0.39, 0.29) is 12.0 Å². The highest BCUT2D eigenvalue weighted by molar-refractivity contribution is 7.97. The van der Waals surface area contributed by atoms with E-state index >= 15 is 0 Å². The van der Waals surface area contributed by atoms with Gasteiger partial charge in [-0.25, -0.2) is 9.40 Å². The van der Waals surface area contributed by atoms with Gasteiger partial charge in [0, 0.05) is 17.6 Å². The summed E-state index contributed by atoms with van der Waals surface area (Å²) in [4.78, 5) is 0.736. The Labute approximate surface area is 177 Å². The molecule has 0 radical (unpaired) electrons. The molecule has 0 aliphatic carbocycles. The molecule has 3 N–H and O–H groups in total. The monoisotopic (exact) mass is 445 g/mol. The molecule has 30 heavy (non-hydrogen) atoms. The highest BCUT2D eigenvalue weighted by Crippen LogP contribution is 2.31. The first-order chi connectivity index (χ1) is 14.3. The third kappa shape index (κ3) is 7.36. The summed E-state index contributed by atoms with van der Waals surface area (Å²) < 4.78 is 57.4. The van der Waals surface area contributed by atoms with Gasteiger partial charge in [-0.2, -0.15) is 18.3 Å². The van der Waals surface area contributed by atoms with Crippen molar-refractivity contribution in [1.82, 2.24) is 0 Å². The van der Waals surface area contributed by atoms with Gasteiger partial charge >= 0.3 is 6.18 Å². The molecule has 0 bridgehead atoms. The Bertz CT molecular complexity index is 856. The third-order valence-electron chi connectivity index (χ3n) is 3.61. The van der Waals surface area contributed by atoms with Crippen molar-refractivity contribution < 1.29 is 27.4 Å². The molecular formula is C20H23F4N3O2S. The van der Waals surface area contributed by atoms with E-state index < -0.39 is 12.0 Å². The zero-order valence-electron chi connectivity index (χ0n) is 16.7. The lowest BCUT2D eigenvalue weighted by Crippen LogP contribution is -2.19. The predicted molar refractivity (Wildman–Crippen MR) is 113 cm³/mol. The number of rotatable bonds is 7. The Morgan fingerprint density at radius 3 is 2.30 bits per heavy atom. The van der Waals surface area contributed by atoms with Gasteiger partial charge < -0.3 is 9.84 Å². The molecule has 0 spiro atoms. The first kappa shape index (κ1) is 25.5. The Morgan fingerprint density at radius 1 is 1.20 bits per heavy atom. The maximum Gasteiger partial charge on any atom is 0.428 e. The molecule has 5 nitrogen and oxygen atoms in total. The smallest absolute Gasteiger partial charge is 0.428 e. The van der Waals surface area contributed by atoms with Crippen molar-refractivity contribution in [2.75, 3.05) is 19.2 Å². The van der Waals surface area contributed by atoms with E-state index in [1.165, 1.54) is 19.2 Å². The summed E-state index contributed by atoms with van der Waals surface area (Å²) in [5.41, 5.74) is 1.03. The van der Waals surface area contributed by atoms with Crippen LogP contribution in [-0.2, 0) is 0 Å². The largest absolute Gasteiger partial charge is 0.494 e. The first-order valence-corrected chi connectivity index (χ1v) is 9.54. The van der Waals surface area contributed by atoms with E-state index in [1.54, 1.807) is 36.4 Å². The molecule has 0 unspecified atom stereocenters. The summed E-state index contributed by atoms with van der Waals surface area (Å²) in [6.45, 7) is 1.82. The third-order valence-corrected chi connectivity index (χ3v) is 4.15. The van der Waals surface area contributed by atoms with Crippen LogP contribution in [0.25, 0.3) is 5.70 Å². The molecule has 0 heterocycles. The van der Waals surface area contributed by atoms with E-state index in [0.717, 1.165) is 29.0 Å². The Morgan fingerprint density at radius 2 is 1.83 bits per heavy atom. The quantitative estimate of drug-likeness (QED) is 0.265. The Hall–Kier alpha value is -2.56. The molecule has 0 fully saturated rings. The minimum Gasteiger partial charge on any atom is -0.494 e. The van der Waals surface area contributed by atoms with E-state index in [0.29, 0.717) is 23.4 Å². The predicted octanol–water partition coefficient (Wildman–Crippen LogP) is 5.21. The highest BCUT2D eigenvalue weighted by Gasteiger charge is 2.25. The maximum atomic E-state index is 14.2. The molecule has 0 saturated carbocycles. The standard InChI is InChI=1S/C19H19F4N3OS.CH4O/c1-3-4-17(13-5-10-18(27-2)16(20)11-13)26(25-12-19(21,22)23)14-6-8-15(28-24)9-7-14;1-2/h4-12H,3,24H2,1-2H3;2H,1H3/b17-4-,25-12+;. The van der Waals surface area contributed by atoms with Gasteiger partial charge in [-0.05, 0) is 60.8 Å². The minimum atomic E-state index is -4.60. The fraction of sp³-hybridized carbons (Fsp3) is 0.250. The van der Waals surface area contributed by atoms with E-state index in [2.05, 4.69) is 5.10 Å². The molecule has 0 saturated heterocycles. The van der Waals surface area contributed by atoms with Crippen LogP contribution in [0.15, 0.2) is 58.5 Å². The van der Waals surface area contributed by atoms with Crippen LogP contribution in [0.1, 0.15) is 18.9 Å². The number of nitrogens with zero attached hydrogens (tertiary/aromatic N) is 2. The van der Waals surface area contributed by atoms with Crippen molar-refractivity contribution in [1.29, 1.82) is 0 Å². The Balaban J connectivity index is 0.00000218. The minimum absolute atomic E-state index is 0.0364. The number of nitrogens with two attached hydrogens (primary N) is 1. The van der Waals surface area contributed by atoms with E-state index in [1.807, 2.05) is 6.92 Å². The summed E-state index contributed by atoms with van der Waals surface area (Å²) in [5.74, 6) is -0.592. The number of allylic oxidation sites excluding steroid dienone is 1. The second-order valence-corrected chi connectivity index (χ2v) is 6.26. The van der Waals surface area contributed by atoms with Crippen LogP contribution in [0.2, 0.25) is 0 Å². The zero-order chi connectivity index (χ0) is 22.7. The number of halogens is 4. The normalized spacial score (nSPS) is 11.8. The van der Waals surface area contributed by atoms with Crippen molar-refractivity contribution in [3.8, 4) is 5.75 Å². The van der Waals surface area contributed by atoms with Crippen LogP contribution in [-0.4, -0.2) is 31.7 Å². The fourth-order valence-electron chi connectivity index (χ4n) is 2.40. The van der Waals surface area contributed by atoms with Gasteiger partial charge in [0.15, 0.2) is 11.6 Å². The molecule has 0 atom stereocenters. The zero-order valence-corrected chi connectivity index (χ0v) is 17.5. The van der Waals surface area contributed by atoms with Crippen LogP contribution in [0.3, 0.4) is 0 Å². The average Bonchev–Trinajstić information content (AvgIpc) is 2.74. The number of benzene rings is 2. The van der Waals surface area contributed by atoms with Crippen LogP contribution in [0.4, 0.5) is 23.2 Å². The molecule has 0 aromatic heterocycles. The van der Waals surface area contributed by atoms with Gasteiger partial charge in [0.25, 0.3) is 0 Å².